The first-order valence-corrected chi connectivity index (χ1v) is 4.75. The summed E-state index contributed by atoms with van der Waals surface area (Å²) in [4.78, 5) is 25.3. The average Bonchev–Trinajstić information content (AvgIpc) is 2.56. The lowest BCUT2D eigenvalue weighted by Crippen LogP contribution is -2.08. The lowest BCUT2D eigenvalue weighted by molar-refractivity contribution is 0.0941. The van der Waals surface area contributed by atoms with E-state index < -0.39 is 5.76 Å². The first kappa shape index (κ1) is 9.71. The minimum Gasteiger partial charge on any atom is -0.408 e. The van der Waals surface area contributed by atoms with Gasteiger partial charge in [0.25, 0.3) is 0 Å². The lowest BCUT2D eigenvalue weighted by atomic mass is 10.0. The Morgan fingerprint density at radius 1 is 1.40 bits per heavy atom. The van der Waals surface area contributed by atoms with E-state index in [1.165, 1.54) is 0 Å². The molecule has 0 atom stereocenters. The van der Waals surface area contributed by atoms with Crippen LogP contribution in [0.15, 0.2) is 27.4 Å². The predicted octanol–water partition coefficient (Wildman–Crippen LogP) is 1.96. The van der Waals surface area contributed by atoms with Crippen LogP contribution in [0.1, 0.15) is 24.2 Å². The molecule has 2 aromatic rings. The Morgan fingerprint density at radius 3 is 2.80 bits per heavy atom. The summed E-state index contributed by atoms with van der Waals surface area (Å²) in [7, 11) is 0. The maximum Gasteiger partial charge on any atom is 0.417 e. The van der Waals surface area contributed by atoms with E-state index in [0.29, 0.717) is 16.7 Å². The number of carbonyl (C=O) groups is 1. The van der Waals surface area contributed by atoms with Gasteiger partial charge in [0.15, 0.2) is 11.4 Å². The number of rotatable bonds is 2. The van der Waals surface area contributed by atoms with E-state index in [9.17, 15) is 9.59 Å². The standard InChI is InChI=1S/C11H11NO3/c1-6(2)10(13)7-4-3-5-8-9(7)12-11(14)15-8/h3-6H,1-2H3,(H,12,14). The number of fused-ring (bicyclic) bond motifs is 1. The van der Waals surface area contributed by atoms with Gasteiger partial charge in [-0.1, -0.05) is 19.9 Å². The number of benzene rings is 1. The summed E-state index contributed by atoms with van der Waals surface area (Å²) < 4.78 is 4.88. The van der Waals surface area contributed by atoms with Crippen molar-refractivity contribution >= 4 is 16.9 Å². The van der Waals surface area contributed by atoms with Gasteiger partial charge in [-0.3, -0.25) is 9.78 Å². The average molecular weight is 205 g/mol. The summed E-state index contributed by atoms with van der Waals surface area (Å²) in [6.45, 7) is 3.64. The highest BCUT2D eigenvalue weighted by molar-refractivity contribution is 6.06. The molecule has 1 aromatic heterocycles. The lowest BCUT2D eigenvalue weighted by Gasteiger charge is -2.03. The van der Waals surface area contributed by atoms with Gasteiger partial charge in [-0.05, 0) is 12.1 Å². The fraction of sp³-hybridized carbons (Fsp3) is 0.273. The number of hydrogen-bond acceptors (Lipinski definition) is 3. The number of ketones is 1. The molecule has 0 spiro atoms. The molecule has 2 rings (SSSR count). The summed E-state index contributed by atoms with van der Waals surface area (Å²) in [5, 5.41) is 0. The maximum absolute atomic E-state index is 11.8. The van der Waals surface area contributed by atoms with Crippen molar-refractivity contribution in [3.8, 4) is 0 Å². The highest BCUT2D eigenvalue weighted by Crippen LogP contribution is 2.18. The molecule has 0 fully saturated rings. The van der Waals surface area contributed by atoms with Crippen molar-refractivity contribution < 1.29 is 9.21 Å². The minimum absolute atomic E-state index is 0.00218. The molecule has 15 heavy (non-hydrogen) atoms. The number of H-pyrrole nitrogens is 1. The third-order valence-electron chi connectivity index (χ3n) is 2.25. The van der Waals surface area contributed by atoms with Crippen molar-refractivity contribution in [2.75, 3.05) is 0 Å². The van der Waals surface area contributed by atoms with Crippen LogP contribution in [0, 0.1) is 5.92 Å². The monoisotopic (exact) mass is 205 g/mol. The number of aromatic nitrogens is 1. The van der Waals surface area contributed by atoms with E-state index in [4.69, 9.17) is 4.42 Å². The first-order valence-electron chi connectivity index (χ1n) is 4.75. The molecule has 0 aliphatic rings. The normalized spacial score (nSPS) is 11.1. The third-order valence-corrected chi connectivity index (χ3v) is 2.25. The summed E-state index contributed by atoms with van der Waals surface area (Å²) in [6, 6.07) is 5.05. The summed E-state index contributed by atoms with van der Waals surface area (Å²) in [6.07, 6.45) is 0. The van der Waals surface area contributed by atoms with Crippen LogP contribution >= 0.6 is 0 Å². The number of para-hydroxylation sites is 1. The zero-order chi connectivity index (χ0) is 11.0. The van der Waals surface area contributed by atoms with Crippen molar-refractivity contribution in [3.05, 3.63) is 34.3 Å². The minimum atomic E-state index is -0.533. The van der Waals surface area contributed by atoms with Gasteiger partial charge in [-0.25, -0.2) is 4.79 Å². The largest absolute Gasteiger partial charge is 0.417 e. The fourth-order valence-corrected chi connectivity index (χ4v) is 1.49. The molecule has 0 bridgehead atoms. The molecule has 0 saturated heterocycles. The second-order valence-corrected chi connectivity index (χ2v) is 3.71. The fourth-order valence-electron chi connectivity index (χ4n) is 1.49. The molecule has 0 saturated carbocycles. The van der Waals surface area contributed by atoms with Crippen molar-refractivity contribution in [2.24, 2.45) is 5.92 Å². The number of hydrogen-bond donors (Lipinski definition) is 1. The molecule has 78 valence electrons. The van der Waals surface area contributed by atoms with Gasteiger partial charge >= 0.3 is 5.76 Å². The topological polar surface area (TPSA) is 63.1 Å². The summed E-state index contributed by atoms with van der Waals surface area (Å²) in [5.74, 6) is -0.638. The second kappa shape index (κ2) is 3.38. The number of carbonyl (C=O) groups excluding carboxylic acids is 1. The quantitative estimate of drug-likeness (QED) is 0.762. The Labute approximate surface area is 85.9 Å². The summed E-state index contributed by atoms with van der Waals surface area (Å²) >= 11 is 0. The SMILES string of the molecule is CC(C)C(=O)c1cccc2oc(=O)[nH]c12. The molecular weight excluding hydrogens is 194 g/mol. The maximum atomic E-state index is 11.8. The van der Waals surface area contributed by atoms with Gasteiger partial charge in [0.2, 0.25) is 0 Å². The van der Waals surface area contributed by atoms with E-state index in [1.54, 1.807) is 18.2 Å². The van der Waals surface area contributed by atoms with E-state index >= 15 is 0 Å². The van der Waals surface area contributed by atoms with Crippen molar-refractivity contribution in [3.63, 3.8) is 0 Å². The zero-order valence-electron chi connectivity index (χ0n) is 8.53. The predicted molar refractivity (Wildman–Crippen MR) is 56.0 cm³/mol. The van der Waals surface area contributed by atoms with Crippen LogP contribution in [0.5, 0.6) is 0 Å². The number of nitrogens with one attached hydrogen (secondary N) is 1. The molecule has 4 heteroatoms. The highest BCUT2D eigenvalue weighted by Gasteiger charge is 2.15. The Bertz CT molecular complexity index is 562. The third kappa shape index (κ3) is 1.58. The van der Waals surface area contributed by atoms with Crippen molar-refractivity contribution in [2.45, 2.75) is 13.8 Å². The van der Waals surface area contributed by atoms with E-state index in [-0.39, 0.29) is 11.7 Å². The second-order valence-electron chi connectivity index (χ2n) is 3.71. The molecule has 0 aliphatic carbocycles. The van der Waals surface area contributed by atoms with Gasteiger partial charge in [0.05, 0.1) is 5.52 Å². The molecular formula is C11H11NO3. The Kier molecular flexibility index (Phi) is 2.19. The number of oxazole rings is 1. The van der Waals surface area contributed by atoms with E-state index in [0.717, 1.165) is 0 Å². The van der Waals surface area contributed by atoms with Crippen molar-refractivity contribution in [1.29, 1.82) is 0 Å². The molecule has 0 aliphatic heterocycles. The van der Waals surface area contributed by atoms with Crippen LogP contribution in [0.2, 0.25) is 0 Å². The zero-order valence-corrected chi connectivity index (χ0v) is 8.53. The van der Waals surface area contributed by atoms with E-state index in [1.807, 2.05) is 13.8 Å². The van der Waals surface area contributed by atoms with Crippen LogP contribution in [-0.4, -0.2) is 10.8 Å². The van der Waals surface area contributed by atoms with Gasteiger partial charge in [-0.15, -0.1) is 0 Å². The van der Waals surface area contributed by atoms with Gasteiger partial charge < -0.3 is 4.42 Å². The number of Topliss-reactive ketones (excluding diaryl/α,β-unsaturated/α-hetero) is 1. The van der Waals surface area contributed by atoms with Crippen LogP contribution in [-0.2, 0) is 0 Å². The van der Waals surface area contributed by atoms with Gasteiger partial charge in [0.1, 0.15) is 0 Å². The van der Waals surface area contributed by atoms with Crippen LogP contribution in [0.4, 0.5) is 0 Å². The van der Waals surface area contributed by atoms with E-state index in [2.05, 4.69) is 4.98 Å². The Morgan fingerprint density at radius 2 is 2.13 bits per heavy atom. The Hall–Kier alpha value is -1.84. The highest BCUT2D eigenvalue weighted by atomic mass is 16.4. The van der Waals surface area contributed by atoms with Gasteiger partial charge in [0, 0.05) is 11.5 Å². The molecule has 0 radical (unpaired) electrons. The summed E-state index contributed by atoms with van der Waals surface area (Å²) in [5.41, 5.74) is 1.42. The Balaban J connectivity index is 2.70. The van der Waals surface area contributed by atoms with Gasteiger partial charge in [-0.2, -0.15) is 0 Å². The van der Waals surface area contributed by atoms with Crippen molar-refractivity contribution in [1.82, 2.24) is 4.98 Å². The molecule has 1 aromatic carbocycles. The molecule has 1 N–H and O–H groups in total. The smallest absolute Gasteiger partial charge is 0.408 e. The van der Waals surface area contributed by atoms with Crippen LogP contribution < -0.4 is 5.76 Å². The molecule has 0 unspecified atom stereocenters. The number of aromatic amines is 1. The first-order chi connectivity index (χ1) is 7.09. The molecule has 0 amide bonds. The van der Waals surface area contributed by atoms with Crippen LogP contribution in [0.25, 0.3) is 11.1 Å². The molecule has 1 heterocycles. The molecule has 4 nitrogen and oxygen atoms in total. The van der Waals surface area contributed by atoms with Crippen LogP contribution in [0.3, 0.4) is 0 Å².